The molecule has 1 fully saturated rings. The number of carbonyl (C=O) groups excluding carboxylic acids is 1. The zero-order chi connectivity index (χ0) is 29.3. The number of thiocarbonyl (C=S) groups is 1. The number of fused-ring (bicyclic) bond motifs is 1. The van der Waals surface area contributed by atoms with Gasteiger partial charge in [-0.1, -0.05) is 25.6 Å². The van der Waals surface area contributed by atoms with E-state index in [1.165, 1.54) is 11.8 Å². The molecule has 1 aromatic heterocycles. The maximum atomic E-state index is 13.6. The van der Waals surface area contributed by atoms with Crippen LogP contribution in [0.4, 0.5) is 5.69 Å². The molecule has 1 amide bonds. The Hall–Kier alpha value is -3.11. The molecule has 4 rings (SSSR count). The van der Waals surface area contributed by atoms with Gasteiger partial charge in [-0.3, -0.25) is 29.0 Å². The van der Waals surface area contributed by atoms with Crippen molar-refractivity contribution in [2.24, 2.45) is 5.92 Å². The van der Waals surface area contributed by atoms with Crippen LogP contribution in [-0.4, -0.2) is 60.9 Å². The van der Waals surface area contributed by atoms with Gasteiger partial charge in [0.05, 0.1) is 22.4 Å². The molecular weight excluding hydrogens is 599 g/mol. The lowest BCUT2D eigenvalue weighted by Crippen LogP contribution is -2.36. The SMILES string of the molecule is COc1ccc2c(c1)N(CCCC(=O)O)/C(=C\C(=c1/s/c(=C3\SC(=S)N(O)C3=O)n(CC(=O)O)c1=O)C(C)C)S2. The number of allylic oxidation sites excluding steroid dienone is 1. The third-order valence-corrected chi connectivity index (χ3v) is 9.81. The van der Waals surface area contributed by atoms with Gasteiger partial charge in [-0.25, -0.2) is 0 Å². The zero-order valence-electron chi connectivity index (χ0n) is 21.6. The molecule has 212 valence electrons. The van der Waals surface area contributed by atoms with Crippen LogP contribution in [0.15, 0.2) is 39.0 Å². The highest BCUT2D eigenvalue weighted by Crippen LogP contribution is 2.48. The Morgan fingerprint density at radius 2 is 1.88 bits per heavy atom. The van der Waals surface area contributed by atoms with Crippen LogP contribution in [0.3, 0.4) is 0 Å². The first kappa shape index (κ1) is 29.9. The summed E-state index contributed by atoms with van der Waals surface area (Å²) in [7, 11) is 1.56. The summed E-state index contributed by atoms with van der Waals surface area (Å²) >= 11 is 8.23. The lowest BCUT2D eigenvalue weighted by molar-refractivity contribution is -0.140. The monoisotopic (exact) mass is 623 g/mol. The van der Waals surface area contributed by atoms with Crippen molar-refractivity contribution in [2.45, 2.75) is 38.1 Å². The molecule has 0 aliphatic carbocycles. The van der Waals surface area contributed by atoms with E-state index >= 15 is 0 Å². The number of hydroxylamine groups is 2. The molecule has 2 aliphatic heterocycles. The number of carboxylic acids is 2. The molecule has 1 aromatic carbocycles. The van der Waals surface area contributed by atoms with Gasteiger partial charge in [-0.15, -0.1) is 11.3 Å². The number of ether oxygens (including phenoxy) is 1. The van der Waals surface area contributed by atoms with E-state index < -0.39 is 29.9 Å². The van der Waals surface area contributed by atoms with Crippen molar-refractivity contribution in [3.63, 3.8) is 0 Å². The number of hydrogen-bond donors (Lipinski definition) is 3. The molecule has 1 saturated heterocycles. The van der Waals surface area contributed by atoms with E-state index in [1.807, 2.05) is 43.0 Å². The summed E-state index contributed by atoms with van der Waals surface area (Å²) in [6.45, 7) is 3.51. The van der Waals surface area contributed by atoms with E-state index in [1.54, 1.807) is 7.11 Å². The number of thiazole rings is 1. The van der Waals surface area contributed by atoms with Crippen LogP contribution in [0, 0.1) is 5.92 Å². The first-order chi connectivity index (χ1) is 18.9. The number of nitrogens with zero attached hydrogens (tertiary/aromatic N) is 3. The second-order valence-corrected chi connectivity index (χ2v) is 12.7. The van der Waals surface area contributed by atoms with Crippen molar-refractivity contribution >= 4 is 85.4 Å². The number of carboxylic acid groups (broad SMARTS) is 2. The van der Waals surface area contributed by atoms with Gasteiger partial charge < -0.3 is 19.8 Å². The number of rotatable bonds is 9. The lowest BCUT2D eigenvalue weighted by Gasteiger charge is -2.21. The quantitative estimate of drug-likeness (QED) is 0.278. The van der Waals surface area contributed by atoms with E-state index in [9.17, 15) is 29.5 Å². The Morgan fingerprint density at radius 1 is 1.15 bits per heavy atom. The smallest absolute Gasteiger partial charge is 0.323 e. The largest absolute Gasteiger partial charge is 0.497 e. The van der Waals surface area contributed by atoms with Crippen LogP contribution in [0.5, 0.6) is 5.75 Å². The molecule has 3 heterocycles. The van der Waals surface area contributed by atoms with Gasteiger partial charge in [-0.2, -0.15) is 5.06 Å². The topological polar surface area (TPSA) is 150 Å². The van der Waals surface area contributed by atoms with E-state index in [0.717, 1.165) is 43.3 Å². The third-order valence-electron chi connectivity index (χ3n) is 5.99. The number of anilines is 1. The summed E-state index contributed by atoms with van der Waals surface area (Å²) < 4.78 is 6.62. The highest BCUT2D eigenvalue weighted by molar-refractivity contribution is 8.30. The van der Waals surface area contributed by atoms with Crippen LogP contribution in [0.1, 0.15) is 26.7 Å². The zero-order valence-corrected chi connectivity index (χ0v) is 24.8. The highest BCUT2D eigenvalue weighted by atomic mass is 32.2. The number of hydrogen-bond acceptors (Lipinski definition) is 11. The molecule has 11 nitrogen and oxygen atoms in total. The fraction of sp³-hybridized carbons (Fsp3) is 0.320. The minimum absolute atomic E-state index is 0.0171. The van der Waals surface area contributed by atoms with E-state index in [0.29, 0.717) is 29.4 Å². The summed E-state index contributed by atoms with van der Waals surface area (Å²) in [4.78, 5) is 51.9. The molecule has 0 radical (unpaired) electrons. The van der Waals surface area contributed by atoms with Crippen LogP contribution in [0.25, 0.3) is 10.5 Å². The molecule has 2 aliphatic rings. The Balaban J connectivity index is 1.94. The fourth-order valence-electron chi connectivity index (χ4n) is 4.09. The van der Waals surface area contributed by atoms with Gasteiger partial charge in [-0.05, 0) is 60.1 Å². The molecule has 0 spiro atoms. The second kappa shape index (κ2) is 12.2. The molecule has 0 bridgehead atoms. The van der Waals surface area contributed by atoms with E-state index in [2.05, 4.69) is 0 Å². The normalized spacial score (nSPS) is 18.2. The van der Waals surface area contributed by atoms with Crippen LogP contribution in [0.2, 0.25) is 0 Å². The predicted molar refractivity (Wildman–Crippen MR) is 157 cm³/mol. The summed E-state index contributed by atoms with van der Waals surface area (Å²) in [5.41, 5.74) is 0.885. The first-order valence-electron chi connectivity index (χ1n) is 11.9. The summed E-state index contributed by atoms with van der Waals surface area (Å²) in [5.74, 6) is -2.54. The van der Waals surface area contributed by atoms with E-state index in [4.69, 9.17) is 22.1 Å². The van der Waals surface area contributed by atoms with Crippen molar-refractivity contribution < 1.29 is 34.5 Å². The highest BCUT2D eigenvalue weighted by Gasteiger charge is 2.34. The molecule has 40 heavy (non-hydrogen) atoms. The van der Waals surface area contributed by atoms with Crippen molar-refractivity contribution in [3.05, 3.63) is 48.9 Å². The first-order valence-corrected chi connectivity index (χ1v) is 14.8. The molecular formula is C25H25N3O8S4. The van der Waals surface area contributed by atoms with Gasteiger partial charge in [0, 0.05) is 23.9 Å². The van der Waals surface area contributed by atoms with Gasteiger partial charge in [0.1, 0.15) is 21.9 Å². The molecule has 0 atom stereocenters. The number of methoxy groups -OCH3 is 1. The average molecular weight is 624 g/mol. The van der Waals surface area contributed by atoms with Crippen molar-refractivity contribution in [1.82, 2.24) is 9.63 Å². The number of aliphatic carboxylic acids is 2. The summed E-state index contributed by atoms with van der Waals surface area (Å²) in [6, 6.07) is 5.60. The van der Waals surface area contributed by atoms with Crippen LogP contribution < -0.4 is 24.4 Å². The van der Waals surface area contributed by atoms with Gasteiger partial charge in [0.15, 0.2) is 4.32 Å². The molecule has 0 saturated carbocycles. The van der Waals surface area contributed by atoms with Crippen molar-refractivity contribution in [1.29, 1.82) is 0 Å². The summed E-state index contributed by atoms with van der Waals surface area (Å²) in [6.07, 6.45) is 2.21. The van der Waals surface area contributed by atoms with Crippen molar-refractivity contribution in [3.8, 4) is 5.75 Å². The maximum absolute atomic E-state index is 13.6. The number of thioether (sulfide) groups is 2. The molecule has 3 N–H and O–H groups in total. The Labute approximate surface area is 246 Å². The van der Waals surface area contributed by atoms with Crippen molar-refractivity contribution in [2.75, 3.05) is 18.6 Å². The van der Waals surface area contributed by atoms with E-state index in [-0.39, 0.29) is 30.8 Å². The Bertz CT molecular complexity index is 1620. The van der Waals surface area contributed by atoms with Gasteiger partial charge >= 0.3 is 11.9 Å². The Kier molecular flexibility index (Phi) is 9.09. The van der Waals surface area contributed by atoms with Crippen LogP contribution >= 0.6 is 47.1 Å². The number of carbonyl (C=O) groups is 3. The number of aromatic nitrogens is 1. The average Bonchev–Trinajstić information content (AvgIpc) is 3.48. The third kappa shape index (κ3) is 5.98. The van der Waals surface area contributed by atoms with Crippen LogP contribution in [-0.2, 0) is 20.9 Å². The maximum Gasteiger partial charge on any atom is 0.323 e. The Morgan fingerprint density at radius 3 is 2.45 bits per heavy atom. The van der Waals surface area contributed by atoms with Gasteiger partial charge in [0.25, 0.3) is 11.5 Å². The molecule has 2 aromatic rings. The molecule has 15 heteroatoms. The fourth-order valence-corrected chi connectivity index (χ4v) is 7.75. The predicted octanol–water partition coefficient (Wildman–Crippen LogP) is 2.49. The second-order valence-electron chi connectivity index (χ2n) is 9.01. The summed E-state index contributed by atoms with van der Waals surface area (Å²) in [5, 5.41) is 29.6. The standard InChI is InChI=1S/C25H25N3O8S4/c1-12(2)14(10-17-26(8-4-5-18(29)30)15-9-13(36-3)6-7-16(15)38-17)20-22(33)27(11-19(31)32)24(39-20)21-23(34)28(35)25(37)40-21/h6-7,9-10,12,35H,4-5,8,11H2,1-3H3,(H,29,30)(H,31,32)/b17-10+,20-14+,24-21-. The minimum atomic E-state index is -1.27. The number of amides is 1. The van der Waals surface area contributed by atoms with Gasteiger partial charge in [0.2, 0.25) is 0 Å². The molecule has 0 unspecified atom stereocenters. The lowest BCUT2D eigenvalue weighted by atomic mass is 10.0. The minimum Gasteiger partial charge on any atom is -0.497 e. The number of benzene rings is 1.